The lowest BCUT2D eigenvalue weighted by Crippen LogP contribution is -2.11. The number of para-hydroxylation sites is 2. The maximum Gasteiger partial charge on any atom is 0.0492 e. The van der Waals surface area contributed by atoms with Crippen LogP contribution >= 0.6 is 0 Å². The number of fused-ring (bicyclic) bond motifs is 6. The highest BCUT2D eigenvalue weighted by atomic mass is 15.1. The molecule has 0 saturated heterocycles. The summed E-state index contributed by atoms with van der Waals surface area (Å²) in [6.45, 7) is 11.5. The van der Waals surface area contributed by atoms with Gasteiger partial charge in [0.1, 0.15) is 0 Å². The normalized spacial score (nSPS) is 13.4. The van der Waals surface area contributed by atoms with Crippen molar-refractivity contribution in [3.8, 4) is 0 Å². The van der Waals surface area contributed by atoms with Gasteiger partial charge in [-0.25, -0.2) is 0 Å². The van der Waals surface area contributed by atoms with Gasteiger partial charge in [-0.05, 0) is 73.2 Å². The monoisotopic (exact) mass is 585 g/mol. The van der Waals surface area contributed by atoms with Gasteiger partial charge in [-0.15, -0.1) is 0 Å². The van der Waals surface area contributed by atoms with Crippen LogP contribution in [0.2, 0.25) is 0 Å². The molecular weight excluding hydrogens is 534 g/mol. The molecule has 44 heavy (non-hydrogen) atoms. The molecule has 3 nitrogen and oxygen atoms in total. The van der Waals surface area contributed by atoms with E-state index in [1.807, 2.05) is 0 Å². The average molecular weight is 586 g/mol. The Balaban J connectivity index is 1.38. The van der Waals surface area contributed by atoms with Gasteiger partial charge in [0.25, 0.3) is 0 Å². The topological polar surface area (TPSA) is 13.1 Å². The molecule has 0 N–H and O–H groups in total. The van der Waals surface area contributed by atoms with Gasteiger partial charge in [-0.2, -0.15) is 0 Å². The van der Waals surface area contributed by atoms with Crippen molar-refractivity contribution in [2.24, 2.45) is 11.8 Å². The molecule has 0 aliphatic carbocycles. The summed E-state index contributed by atoms with van der Waals surface area (Å²) >= 11 is 0. The highest BCUT2D eigenvalue weighted by Gasteiger charge is 2.18. The standard InChI is InChI=1S/C41H51N3/c1-6-10-16-30(8-3)28-43-38-20-14-12-18-34(38)36-26-32(22-24-40(36)43)42(5)33-23-25-41-37(27-33)35-19-13-15-21-39(35)44(41)29-31(9-4)17-11-7-2/h12-15,18-27,30-31H,6-11,16-17,28-29H2,1-5H3. The molecule has 6 aromatic rings. The van der Waals surface area contributed by atoms with Gasteiger partial charge in [0.15, 0.2) is 0 Å². The fourth-order valence-electron chi connectivity index (χ4n) is 7.39. The highest BCUT2D eigenvalue weighted by molar-refractivity contribution is 6.10. The molecule has 0 saturated carbocycles. The predicted molar refractivity (Wildman–Crippen MR) is 194 cm³/mol. The third-order valence-electron chi connectivity index (χ3n) is 10.3. The van der Waals surface area contributed by atoms with Gasteiger partial charge in [0, 0.05) is 75.1 Å². The number of nitrogens with zero attached hydrogens (tertiary/aromatic N) is 3. The summed E-state index contributed by atoms with van der Waals surface area (Å²) in [5, 5.41) is 5.42. The summed E-state index contributed by atoms with van der Waals surface area (Å²) in [4.78, 5) is 2.36. The lowest BCUT2D eigenvalue weighted by Gasteiger charge is -2.21. The summed E-state index contributed by atoms with van der Waals surface area (Å²) < 4.78 is 5.17. The summed E-state index contributed by atoms with van der Waals surface area (Å²) in [5.74, 6) is 1.42. The van der Waals surface area contributed by atoms with Gasteiger partial charge < -0.3 is 14.0 Å². The Bertz CT molecular complexity index is 1720. The summed E-state index contributed by atoms with van der Waals surface area (Å²) in [6.07, 6.45) is 10.2. The van der Waals surface area contributed by atoms with Crippen molar-refractivity contribution in [3.63, 3.8) is 0 Å². The Hall–Kier alpha value is -3.72. The second-order valence-electron chi connectivity index (χ2n) is 13.1. The SMILES string of the molecule is CCCCC(CC)Cn1c2ccccc2c2cc(N(C)c3ccc4c(c3)c3ccccc3n4CC(CC)CCCC)ccc21. The fourth-order valence-corrected chi connectivity index (χ4v) is 7.39. The number of unbranched alkanes of at least 4 members (excludes halogenated alkanes) is 2. The lowest BCUT2D eigenvalue weighted by atomic mass is 9.99. The van der Waals surface area contributed by atoms with E-state index in [0.29, 0.717) is 11.8 Å². The Kier molecular flexibility index (Phi) is 9.31. The summed E-state index contributed by atoms with van der Waals surface area (Å²) in [6, 6.07) is 32.1. The first kappa shape index (κ1) is 30.3. The van der Waals surface area contributed by atoms with Gasteiger partial charge >= 0.3 is 0 Å². The first-order chi connectivity index (χ1) is 21.6. The maximum atomic E-state index is 2.59. The minimum absolute atomic E-state index is 0.712. The van der Waals surface area contributed by atoms with Crippen LogP contribution in [0.4, 0.5) is 11.4 Å². The smallest absolute Gasteiger partial charge is 0.0492 e. The third kappa shape index (κ3) is 5.74. The molecule has 0 spiro atoms. The number of aromatic nitrogens is 2. The van der Waals surface area contributed by atoms with E-state index in [-0.39, 0.29) is 0 Å². The minimum Gasteiger partial charge on any atom is -0.345 e. The molecule has 2 heterocycles. The van der Waals surface area contributed by atoms with Crippen LogP contribution in [0.3, 0.4) is 0 Å². The number of benzene rings is 4. The van der Waals surface area contributed by atoms with E-state index < -0.39 is 0 Å². The van der Waals surface area contributed by atoms with Crippen molar-refractivity contribution >= 4 is 55.0 Å². The third-order valence-corrected chi connectivity index (χ3v) is 10.3. The van der Waals surface area contributed by atoms with Crippen LogP contribution in [0.5, 0.6) is 0 Å². The molecule has 0 aliphatic heterocycles. The van der Waals surface area contributed by atoms with Gasteiger partial charge in [-0.1, -0.05) is 103 Å². The highest BCUT2D eigenvalue weighted by Crippen LogP contribution is 2.38. The molecule has 0 amide bonds. The molecule has 0 aliphatic rings. The zero-order valence-electron chi connectivity index (χ0n) is 27.7. The van der Waals surface area contributed by atoms with Crippen LogP contribution < -0.4 is 4.90 Å². The van der Waals surface area contributed by atoms with Crippen molar-refractivity contribution in [1.82, 2.24) is 9.13 Å². The molecule has 4 aromatic carbocycles. The first-order valence-electron chi connectivity index (χ1n) is 17.3. The molecule has 0 radical (unpaired) electrons. The Morgan fingerprint density at radius 2 is 0.932 bits per heavy atom. The molecular formula is C41H51N3. The van der Waals surface area contributed by atoms with E-state index in [1.54, 1.807) is 0 Å². The summed E-state index contributed by atoms with van der Waals surface area (Å²) in [5.41, 5.74) is 7.88. The number of hydrogen-bond acceptors (Lipinski definition) is 1. The molecule has 3 heteroatoms. The van der Waals surface area contributed by atoms with E-state index >= 15 is 0 Å². The molecule has 6 rings (SSSR count). The lowest BCUT2D eigenvalue weighted by molar-refractivity contribution is 0.401. The van der Waals surface area contributed by atoms with Crippen molar-refractivity contribution in [2.75, 3.05) is 11.9 Å². The van der Waals surface area contributed by atoms with Crippen molar-refractivity contribution in [2.45, 2.75) is 92.2 Å². The van der Waals surface area contributed by atoms with E-state index in [2.05, 4.69) is 134 Å². The van der Waals surface area contributed by atoms with Crippen LogP contribution in [0.15, 0.2) is 84.9 Å². The van der Waals surface area contributed by atoms with Crippen LogP contribution in [-0.4, -0.2) is 16.2 Å². The molecule has 0 fully saturated rings. The van der Waals surface area contributed by atoms with E-state index in [0.717, 1.165) is 13.1 Å². The van der Waals surface area contributed by atoms with Crippen LogP contribution in [-0.2, 0) is 13.1 Å². The Morgan fingerprint density at radius 3 is 1.34 bits per heavy atom. The minimum atomic E-state index is 0.712. The van der Waals surface area contributed by atoms with Gasteiger partial charge in [0.2, 0.25) is 0 Å². The van der Waals surface area contributed by atoms with Gasteiger partial charge in [0.05, 0.1) is 0 Å². The fraction of sp³-hybridized carbons (Fsp3) is 0.415. The van der Waals surface area contributed by atoms with Gasteiger partial charge in [-0.3, -0.25) is 0 Å². The molecule has 2 unspecified atom stereocenters. The van der Waals surface area contributed by atoms with E-state index in [1.165, 1.54) is 106 Å². The first-order valence-corrected chi connectivity index (χ1v) is 17.3. The second-order valence-corrected chi connectivity index (χ2v) is 13.1. The van der Waals surface area contributed by atoms with Crippen molar-refractivity contribution < 1.29 is 0 Å². The number of rotatable bonds is 14. The van der Waals surface area contributed by atoms with Crippen molar-refractivity contribution in [3.05, 3.63) is 84.9 Å². The van der Waals surface area contributed by atoms with Crippen LogP contribution in [0, 0.1) is 11.8 Å². The quantitative estimate of drug-likeness (QED) is 0.124. The number of hydrogen-bond donors (Lipinski definition) is 0. The van der Waals surface area contributed by atoms with Crippen molar-refractivity contribution in [1.29, 1.82) is 0 Å². The number of anilines is 2. The zero-order chi connectivity index (χ0) is 30.6. The molecule has 0 bridgehead atoms. The molecule has 2 atom stereocenters. The maximum absolute atomic E-state index is 2.59. The zero-order valence-corrected chi connectivity index (χ0v) is 27.7. The Labute approximate surface area is 264 Å². The van der Waals surface area contributed by atoms with E-state index in [9.17, 15) is 0 Å². The second kappa shape index (κ2) is 13.5. The van der Waals surface area contributed by atoms with Crippen LogP contribution in [0.25, 0.3) is 43.6 Å². The average Bonchev–Trinajstić information content (AvgIpc) is 3.55. The van der Waals surface area contributed by atoms with E-state index in [4.69, 9.17) is 0 Å². The van der Waals surface area contributed by atoms with Crippen LogP contribution in [0.1, 0.15) is 79.1 Å². The molecule has 2 aromatic heterocycles. The Morgan fingerprint density at radius 1 is 0.523 bits per heavy atom. The largest absolute Gasteiger partial charge is 0.345 e. The molecule has 230 valence electrons. The predicted octanol–water partition coefficient (Wildman–Crippen LogP) is 12.1. The summed E-state index contributed by atoms with van der Waals surface area (Å²) in [7, 11) is 2.22.